The van der Waals surface area contributed by atoms with Crippen LogP contribution in [0.15, 0.2) is 30.3 Å². The topological polar surface area (TPSA) is 85.3 Å². The van der Waals surface area contributed by atoms with Gasteiger partial charge in [0, 0.05) is 42.3 Å². The molecular weight excluding hydrogens is 547 g/mol. The van der Waals surface area contributed by atoms with Gasteiger partial charge in [-0.15, -0.1) is 0 Å². The summed E-state index contributed by atoms with van der Waals surface area (Å²) in [5, 5.41) is 11.5. The van der Waals surface area contributed by atoms with Crippen LogP contribution in [0.4, 0.5) is 20.7 Å². The molecule has 3 aromatic rings. The van der Waals surface area contributed by atoms with E-state index in [9.17, 15) is 14.3 Å². The van der Waals surface area contributed by atoms with Crippen molar-refractivity contribution in [3.05, 3.63) is 52.4 Å². The third kappa shape index (κ3) is 4.70. The van der Waals surface area contributed by atoms with E-state index >= 15 is 0 Å². The Morgan fingerprint density at radius 1 is 1.10 bits per heavy atom. The molecule has 0 aliphatic carbocycles. The fourth-order valence-electron chi connectivity index (χ4n) is 7.22. The molecule has 0 spiro atoms. The van der Waals surface area contributed by atoms with Crippen molar-refractivity contribution in [2.45, 2.75) is 56.8 Å². The molecule has 3 fully saturated rings. The molecule has 2 aromatic carbocycles. The molecule has 1 aromatic heterocycles. The first-order valence-corrected chi connectivity index (χ1v) is 14.9. The maximum Gasteiger partial charge on any atom is 0.407 e. The highest BCUT2D eigenvalue weighted by atomic mass is 35.5. The molecule has 1 N–H and O–H groups in total. The largest absolute Gasteiger partial charge is 0.465 e. The van der Waals surface area contributed by atoms with Gasteiger partial charge in [0.05, 0.1) is 29.3 Å². The van der Waals surface area contributed by atoms with E-state index in [1.807, 2.05) is 18.2 Å². The average Bonchev–Trinajstić information content (AvgIpc) is 3.51. The highest BCUT2D eigenvalue weighted by Crippen LogP contribution is 2.39. The van der Waals surface area contributed by atoms with Crippen LogP contribution < -0.4 is 14.5 Å². The van der Waals surface area contributed by atoms with Crippen molar-refractivity contribution < 1.29 is 19.0 Å². The van der Waals surface area contributed by atoms with E-state index in [1.165, 1.54) is 6.07 Å². The smallest absolute Gasteiger partial charge is 0.407 e. The zero-order valence-electron chi connectivity index (χ0n) is 23.1. The van der Waals surface area contributed by atoms with Gasteiger partial charge in [-0.1, -0.05) is 29.8 Å². The number of likely N-dealkylation sites (N-methyl/N-ethyl adjacent to an activating group) is 1. The van der Waals surface area contributed by atoms with E-state index in [0.717, 1.165) is 60.4 Å². The summed E-state index contributed by atoms with van der Waals surface area (Å²) >= 11 is 6.48. The van der Waals surface area contributed by atoms with Crippen molar-refractivity contribution in [2.24, 2.45) is 0 Å². The zero-order chi connectivity index (χ0) is 28.2. The molecule has 41 heavy (non-hydrogen) atoms. The molecule has 1 unspecified atom stereocenters. The Kier molecular flexibility index (Phi) is 6.78. The minimum Gasteiger partial charge on any atom is -0.465 e. The van der Waals surface area contributed by atoms with Crippen LogP contribution in [0.25, 0.3) is 10.8 Å². The number of nitrogens with zero attached hydrogens (tertiary/aromatic N) is 6. The zero-order valence-corrected chi connectivity index (χ0v) is 23.9. The van der Waals surface area contributed by atoms with Gasteiger partial charge in [0.15, 0.2) is 0 Å². The second-order valence-electron chi connectivity index (χ2n) is 11.7. The fraction of sp³-hybridized carbons (Fsp3) is 0.500. The first-order valence-electron chi connectivity index (χ1n) is 14.5. The molecule has 0 saturated carbocycles. The number of hydrogen-bond donors (Lipinski definition) is 1. The average molecular weight is 581 g/mol. The molecule has 4 aliphatic heterocycles. The van der Waals surface area contributed by atoms with Gasteiger partial charge in [-0.05, 0) is 63.2 Å². The van der Waals surface area contributed by atoms with Gasteiger partial charge in [0.25, 0.3) is 0 Å². The molecule has 1 amide bonds. The number of anilines is 2. The van der Waals surface area contributed by atoms with Gasteiger partial charge in [-0.2, -0.15) is 9.97 Å². The lowest BCUT2D eigenvalue weighted by atomic mass is 10.0. The number of carbonyl (C=O) groups is 1. The molecule has 216 valence electrons. The summed E-state index contributed by atoms with van der Waals surface area (Å²) in [7, 11) is 2.12. The monoisotopic (exact) mass is 580 g/mol. The lowest BCUT2D eigenvalue weighted by molar-refractivity contribution is 0.114. The lowest BCUT2D eigenvalue weighted by Crippen LogP contribution is -2.56. The number of benzene rings is 2. The van der Waals surface area contributed by atoms with Gasteiger partial charge in [-0.25, -0.2) is 9.18 Å². The van der Waals surface area contributed by atoms with Crippen LogP contribution in [-0.4, -0.2) is 88.9 Å². The maximum atomic E-state index is 14.5. The third-order valence-electron chi connectivity index (χ3n) is 9.36. The fourth-order valence-corrected chi connectivity index (χ4v) is 7.49. The minimum atomic E-state index is -0.840. The van der Waals surface area contributed by atoms with Crippen molar-refractivity contribution in [3.8, 4) is 6.01 Å². The predicted octanol–water partition coefficient (Wildman–Crippen LogP) is 4.79. The van der Waals surface area contributed by atoms with Crippen molar-refractivity contribution in [3.63, 3.8) is 0 Å². The minimum absolute atomic E-state index is 0.0406. The van der Waals surface area contributed by atoms with Crippen LogP contribution in [0.5, 0.6) is 6.01 Å². The Labute approximate surface area is 243 Å². The van der Waals surface area contributed by atoms with Crippen LogP contribution in [0.3, 0.4) is 0 Å². The summed E-state index contributed by atoms with van der Waals surface area (Å²) < 4.78 is 20.7. The number of ether oxygens (including phenoxy) is 1. The lowest BCUT2D eigenvalue weighted by Gasteiger charge is -2.41. The first-order chi connectivity index (χ1) is 19.9. The standard InChI is InChI=1S/C30H34ClFN6O3/c1-35-12-3-5-21(35)17-41-29-33-24-16-36(25-6-2-4-18-7-10-23(32)27(31)26(18)25)13-11-22(24)28(34-29)37-14-19-8-9-20(15-37)38(19)30(39)40/h2,4,6-7,10,19-21H,3,5,8-9,11-17H2,1H3,(H,39,40)/t19-,20+,21?. The summed E-state index contributed by atoms with van der Waals surface area (Å²) in [6.45, 7) is 4.01. The molecule has 3 atom stereocenters. The van der Waals surface area contributed by atoms with E-state index in [4.69, 9.17) is 26.3 Å². The number of piperazine rings is 1. The second-order valence-corrected chi connectivity index (χ2v) is 12.1. The molecule has 9 nitrogen and oxygen atoms in total. The SMILES string of the molecule is CN1CCCC1COc1nc2c(c(N3C[C@H]4CC[C@@H](C3)N4C(=O)O)n1)CCN(c1cccc3ccc(F)c(Cl)c13)C2. The normalized spacial score (nSPS) is 24.3. The van der Waals surface area contributed by atoms with Gasteiger partial charge < -0.3 is 24.5 Å². The summed E-state index contributed by atoms with van der Waals surface area (Å²) in [4.78, 5) is 30.2. The summed E-state index contributed by atoms with van der Waals surface area (Å²) in [5.74, 6) is 0.421. The van der Waals surface area contributed by atoms with E-state index in [2.05, 4.69) is 21.7 Å². The Bertz CT molecular complexity index is 1490. The number of likely N-dealkylation sites (tertiary alicyclic amines) is 1. The van der Waals surface area contributed by atoms with Crippen LogP contribution in [-0.2, 0) is 13.0 Å². The molecular formula is C30H34ClFN6O3. The van der Waals surface area contributed by atoms with Gasteiger partial charge in [0.2, 0.25) is 0 Å². The van der Waals surface area contributed by atoms with E-state index < -0.39 is 11.9 Å². The van der Waals surface area contributed by atoms with Gasteiger partial charge in [-0.3, -0.25) is 4.90 Å². The first kappa shape index (κ1) is 26.5. The number of amides is 1. The highest BCUT2D eigenvalue weighted by Gasteiger charge is 2.44. The maximum absolute atomic E-state index is 14.5. The number of halogens is 2. The van der Waals surface area contributed by atoms with Crippen LogP contribution >= 0.6 is 11.6 Å². The molecule has 11 heteroatoms. The van der Waals surface area contributed by atoms with Crippen LogP contribution in [0.2, 0.25) is 5.02 Å². The molecule has 4 aliphatic rings. The van der Waals surface area contributed by atoms with E-state index in [0.29, 0.717) is 56.6 Å². The summed E-state index contributed by atoms with van der Waals surface area (Å²) in [6.07, 6.45) is 3.83. The number of carboxylic acid groups (broad SMARTS) is 1. The molecule has 0 radical (unpaired) electrons. The van der Waals surface area contributed by atoms with Gasteiger partial charge >= 0.3 is 12.1 Å². The summed E-state index contributed by atoms with van der Waals surface area (Å²) in [5.41, 5.74) is 2.84. The highest BCUT2D eigenvalue weighted by molar-refractivity contribution is 6.36. The third-order valence-corrected chi connectivity index (χ3v) is 9.72. The molecule has 2 bridgehead atoms. The number of fused-ring (bicyclic) bond motifs is 4. The van der Waals surface area contributed by atoms with Crippen molar-refractivity contribution in [1.82, 2.24) is 19.8 Å². The summed E-state index contributed by atoms with van der Waals surface area (Å²) in [6, 6.07) is 9.67. The van der Waals surface area contributed by atoms with Crippen molar-refractivity contribution in [2.75, 3.05) is 49.6 Å². The predicted molar refractivity (Wildman–Crippen MR) is 156 cm³/mol. The van der Waals surface area contributed by atoms with Crippen LogP contribution in [0, 0.1) is 5.82 Å². The van der Waals surface area contributed by atoms with Gasteiger partial charge in [0.1, 0.15) is 18.2 Å². The number of hydrogen-bond acceptors (Lipinski definition) is 7. The molecule has 5 heterocycles. The van der Waals surface area contributed by atoms with E-state index in [-0.39, 0.29) is 17.1 Å². The Morgan fingerprint density at radius 3 is 2.63 bits per heavy atom. The number of rotatable bonds is 5. The molecule has 7 rings (SSSR count). The van der Waals surface area contributed by atoms with E-state index in [1.54, 1.807) is 11.0 Å². The second kappa shape index (κ2) is 10.5. The number of aromatic nitrogens is 2. The van der Waals surface area contributed by atoms with Crippen molar-refractivity contribution >= 4 is 40.0 Å². The Hall–Kier alpha value is -3.37. The Balaban J connectivity index is 1.23. The molecule has 3 saturated heterocycles. The Morgan fingerprint density at radius 2 is 1.90 bits per heavy atom. The van der Waals surface area contributed by atoms with Crippen LogP contribution in [0.1, 0.15) is 36.9 Å². The quantitative estimate of drug-likeness (QED) is 0.461. The van der Waals surface area contributed by atoms with Crippen molar-refractivity contribution in [1.29, 1.82) is 0 Å².